The summed E-state index contributed by atoms with van der Waals surface area (Å²) in [7, 11) is 1.86. The van der Waals surface area contributed by atoms with Crippen molar-refractivity contribution in [2.24, 2.45) is 7.05 Å². The first kappa shape index (κ1) is 24.9. The summed E-state index contributed by atoms with van der Waals surface area (Å²) < 4.78 is 62.6. The van der Waals surface area contributed by atoms with Crippen molar-refractivity contribution in [3.8, 4) is 11.3 Å². The van der Waals surface area contributed by atoms with Crippen LogP contribution in [0.5, 0.6) is 0 Å². The summed E-state index contributed by atoms with van der Waals surface area (Å²) in [6.07, 6.45) is -3.72. The third-order valence-electron chi connectivity index (χ3n) is 7.55. The maximum Gasteiger partial charge on any atom is 0.433 e. The van der Waals surface area contributed by atoms with E-state index in [4.69, 9.17) is 4.74 Å². The Labute approximate surface area is 214 Å². The Morgan fingerprint density at radius 1 is 1.21 bits per heavy atom. The van der Waals surface area contributed by atoms with Crippen molar-refractivity contribution in [1.29, 1.82) is 0 Å². The van der Waals surface area contributed by atoms with Gasteiger partial charge in [0, 0.05) is 42.9 Å². The van der Waals surface area contributed by atoms with Crippen molar-refractivity contribution in [3.63, 3.8) is 0 Å². The molecular weight excluding hydrogens is 506 g/mol. The molecule has 2 fully saturated rings. The number of likely N-dealkylation sites (tertiary alicyclic amines) is 1. The molecule has 2 aliphatic rings. The van der Waals surface area contributed by atoms with Gasteiger partial charge >= 0.3 is 6.18 Å². The zero-order valence-electron chi connectivity index (χ0n) is 20.6. The minimum atomic E-state index is -4.77. The highest BCUT2D eigenvalue weighted by molar-refractivity contribution is 5.94. The molecule has 38 heavy (non-hydrogen) atoms. The van der Waals surface area contributed by atoms with E-state index in [1.165, 1.54) is 11.8 Å². The molecule has 9 nitrogen and oxygen atoms in total. The second kappa shape index (κ2) is 8.55. The van der Waals surface area contributed by atoms with Gasteiger partial charge in [0.15, 0.2) is 5.72 Å². The number of nitrogens with zero attached hydrogens (tertiary/aromatic N) is 6. The van der Waals surface area contributed by atoms with E-state index < -0.39 is 23.8 Å². The number of pyridine rings is 1. The van der Waals surface area contributed by atoms with Crippen molar-refractivity contribution in [3.05, 3.63) is 59.4 Å². The summed E-state index contributed by atoms with van der Waals surface area (Å²) in [5.41, 5.74) is -1.74. The first-order valence-corrected chi connectivity index (χ1v) is 12.1. The number of hydrogen-bond acceptors (Lipinski definition) is 7. The number of fused-ring (bicyclic) bond motifs is 1. The normalized spacial score (nSPS) is 19.8. The molecule has 2 aliphatic heterocycles. The summed E-state index contributed by atoms with van der Waals surface area (Å²) in [4.78, 5) is 5.11. The number of halogens is 4. The zero-order chi connectivity index (χ0) is 26.9. The SMILES string of the molecule is Cn1cnnc1CC1(c2cccc(-c3n[nH]c4c([C@@](C)(O)N5CC(F)C5)nc(C(F)(F)F)cc34)c2)COC1. The average molecular weight is 532 g/mol. The average Bonchev–Trinajstić information content (AvgIpc) is 3.43. The number of nitrogens with one attached hydrogen (secondary N) is 1. The lowest BCUT2D eigenvalue weighted by Crippen LogP contribution is -2.58. The van der Waals surface area contributed by atoms with E-state index >= 15 is 0 Å². The molecule has 4 aromatic rings. The number of benzene rings is 1. The molecule has 3 aromatic heterocycles. The minimum Gasteiger partial charge on any atom is -0.379 e. The predicted octanol–water partition coefficient (Wildman–Crippen LogP) is 3.10. The molecule has 0 radical (unpaired) electrons. The Kier molecular flexibility index (Phi) is 5.60. The third-order valence-corrected chi connectivity index (χ3v) is 7.55. The van der Waals surface area contributed by atoms with Gasteiger partial charge in [0.25, 0.3) is 0 Å². The maximum atomic E-state index is 13.9. The number of aliphatic hydroxyl groups is 1. The molecule has 200 valence electrons. The number of ether oxygens (including phenoxy) is 1. The second-order valence-electron chi connectivity index (χ2n) is 10.3. The van der Waals surface area contributed by atoms with Crippen LogP contribution in [0.1, 0.15) is 29.7 Å². The summed E-state index contributed by atoms with van der Waals surface area (Å²) in [5.74, 6) is 0.790. The van der Waals surface area contributed by atoms with E-state index in [-0.39, 0.29) is 40.8 Å². The number of rotatable bonds is 6. The van der Waals surface area contributed by atoms with Crippen LogP contribution in [-0.4, -0.2) is 72.4 Å². The van der Waals surface area contributed by atoms with Gasteiger partial charge in [0.1, 0.15) is 35.4 Å². The molecule has 0 amide bonds. The van der Waals surface area contributed by atoms with Crippen LogP contribution in [-0.2, 0) is 35.5 Å². The van der Waals surface area contributed by atoms with Gasteiger partial charge in [0.05, 0.1) is 18.7 Å². The van der Waals surface area contributed by atoms with Gasteiger partial charge in [-0.05, 0) is 24.6 Å². The Bertz CT molecular complexity index is 1500. The lowest BCUT2D eigenvalue weighted by Gasteiger charge is -2.44. The fourth-order valence-electron chi connectivity index (χ4n) is 5.14. The first-order valence-electron chi connectivity index (χ1n) is 12.1. The fraction of sp³-hybridized carbons (Fsp3) is 0.440. The second-order valence-corrected chi connectivity index (χ2v) is 10.3. The molecule has 6 rings (SSSR count). The molecule has 0 spiro atoms. The monoisotopic (exact) mass is 531 g/mol. The molecule has 0 saturated carbocycles. The standard InChI is InChI=1S/C25H25F4N7O2/c1-23(37,36-9-16(26)10-36)22-21-17(7-18(31-22)25(27,28)29)20(33-34-21)14-4-3-5-15(6-14)24(11-38-12-24)8-19-32-30-13-35(19)2/h3-7,13,16,37H,8-12H2,1-2H3,(H,33,34)/t23-/m1/s1. The van der Waals surface area contributed by atoms with Gasteiger partial charge in [-0.2, -0.15) is 18.3 Å². The van der Waals surface area contributed by atoms with Crippen molar-refractivity contribution < 1.29 is 27.4 Å². The molecule has 2 saturated heterocycles. The summed E-state index contributed by atoms with van der Waals surface area (Å²) in [6, 6.07) is 8.36. The van der Waals surface area contributed by atoms with Crippen molar-refractivity contribution >= 4 is 10.9 Å². The molecule has 0 unspecified atom stereocenters. The van der Waals surface area contributed by atoms with Crippen LogP contribution < -0.4 is 0 Å². The lowest BCUT2D eigenvalue weighted by molar-refractivity contribution is -0.159. The van der Waals surface area contributed by atoms with Crippen LogP contribution in [0.25, 0.3) is 22.2 Å². The van der Waals surface area contributed by atoms with Crippen molar-refractivity contribution in [1.82, 2.24) is 34.8 Å². The molecule has 0 aliphatic carbocycles. The number of hydrogen-bond donors (Lipinski definition) is 2. The molecule has 0 bridgehead atoms. The van der Waals surface area contributed by atoms with Gasteiger partial charge < -0.3 is 14.4 Å². The van der Waals surface area contributed by atoms with E-state index in [1.807, 2.05) is 29.8 Å². The highest BCUT2D eigenvalue weighted by atomic mass is 19.4. The van der Waals surface area contributed by atoms with Crippen LogP contribution in [0, 0.1) is 0 Å². The van der Waals surface area contributed by atoms with Crippen molar-refractivity contribution in [2.45, 2.75) is 36.8 Å². The van der Waals surface area contributed by atoms with Crippen LogP contribution in [0.15, 0.2) is 36.7 Å². The molecule has 1 aromatic carbocycles. The Morgan fingerprint density at radius 2 is 1.97 bits per heavy atom. The maximum absolute atomic E-state index is 13.9. The molecule has 13 heteroatoms. The molecule has 5 heterocycles. The topological polar surface area (TPSA) is 105 Å². The number of aryl methyl sites for hydroxylation is 1. The number of H-pyrrole nitrogens is 1. The van der Waals surface area contributed by atoms with Crippen LogP contribution in [0.4, 0.5) is 17.6 Å². The van der Waals surface area contributed by atoms with Crippen molar-refractivity contribution in [2.75, 3.05) is 26.3 Å². The number of aromatic amines is 1. The van der Waals surface area contributed by atoms with Crippen LogP contribution in [0.3, 0.4) is 0 Å². The number of alkyl halides is 4. The van der Waals surface area contributed by atoms with Gasteiger partial charge in [-0.25, -0.2) is 9.37 Å². The molecule has 2 N–H and O–H groups in total. The third kappa shape index (κ3) is 3.96. The van der Waals surface area contributed by atoms with E-state index in [2.05, 4.69) is 25.4 Å². The number of aromatic nitrogens is 6. The molecule has 1 atom stereocenters. The minimum absolute atomic E-state index is 0.106. The Balaban J connectivity index is 1.45. The lowest BCUT2D eigenvalue weighted by atomic mass is 9.75. The Hall–Kier alpha value is -3.42. The predicted molar refractivity (Wildman–Crippen MR) is 128 cm³/mol. The Morgan fingerprint density at radius 3 is 2.58 bits per heavy atom. The zero-order valence-corrected chi connectivity index (χ0v) is 20.6. The quantitative estimate of drug-likeness (QED) is 0.369. The van der Waals surface area contributed by atoms with E-state index in [9.17, 15) is 22.7 Å². The van der Waals surface area contributed by atoms with Crippen LogP contribution >= 0.6 is 0 Å². The van der Waals surface area contributed by atoms with Gasteiger partial charge in [-0.3, -0.25) is 10.00 Å². The smallest absolute Gasteiger partial charge is 0.379 e. The molecular formula is C25H25F4N7O2. The van der Waals surface area contributed by atoms with Gasteiger partial charge in [-0.15, -0.1) is 10.2 Å². The largest absolute Gasteiger partial charge is 0.433 e. The summed E-state index contributed by atoms with van der Waals surface area (Å²) in [6.45, 7) is 2.03. The van der Waals surface area contributed by atoms with Crippen LogP contribution in [0.2, 0.25) is 0 Å². The first-order chi connectivity index (χ1) is 18.0. The summed E-state index contributed by atoms with van der Waals surface area (Å²) >= 11 is 0. The highest BCUT2D eigenvalue weighted by Gasteiger charge is 2.45. The van der Waals surface area contributed by atoms with E-state index in [1.54, 1.807) is 12.4 Å². The van der Waals surface area contributed by atoms with Gasteiger partial charge in [-0.1, -0.05) is 18.2 Å². The van der Waals surface area contributed by atoms with E-state index in [0.29, 0.717) is 25.2 Å². The summed E-state index contributed by atoms with van der Waals surface area (Å²) in [5, 5.41) is 26.6. The fourth-order valence-corrected chi connectivity index (χ4v) is 5.14. The highest BCUT2D eigenvalue weighted by Crippen LogP contribution is 2.41. The van der Waals surface area contributed by atoms with E-state index in [0.717, 1.165) is 17.5 Å². The van der Waals surface area contributed by atoms with Gasteiger partial charge in [0.2, 0.25) is 0 Å².